The molecule has 0 aromatic rings. The third-order valence-electron chi connectivity index (χ3n) is 0. The number of rotatable bonds is 0. The monoisotopic (exact) mass is 664 g/mol. The molecule has 26 heteroatoms. The molecule has 26 heavy (non-hydrogen) atoms. The van der Waals surface area contributed by atoms with Crippen molar-refractivity contribution in [3.05, 3.63) is 0 Å². The van der Waals surface area contributed by atoms with Crippen LogP contribution in [0.4, 0.5) is 0 Å². The van der Waals surface area contributed by atoms with E-state index in [-0.39, 0.29) is 46.9 Å². The maximum Gasteiger partial charge on any atom is 0.466 e. The third-order valence-corrected chi connectivity index (χ3v) is 0. The van der Waals surface area contributed by atoms with Gasteiger partial charge in [0.05, 0.1) is 0 Å². The van der Waals surface area contributed by atoms with E-state index in [1.54, 1.807) is 0 Å². The fraction of sp³-hybridized carbons (Fsp3) is 0. The van der Waals surface area contributed by atoms with Crippen LogP contribution in [0, 0.1) is 46.9 Å². The van der Waals surface area contributed by atoms with E-state index in [2.05, 4.69) is 0 Å². The molecule has 0 aliphatic rings. The molecule has 0 saturated carbocycles. The van der Waals surface area contributed by atoms with Crippen molar-refractivity contribution in [1.29, 1.82) is 0 Å². The molecule has 0 radical (unpaired) electrons. The molecule has 0 fully saturated rings. The minimum Gasteiger partial charge on any atom is -0.303 e. The molecule has 0 aliphatic carbocycles. The van der Waals surface area contributed by atoms with Crippen molar-refractivity contribution in [2.45, 2.75) is 0 Å². The number of hydrogen-bond donors (Lipinski definition) is 15. The van der Waals surface area contributed by atoms with Crippen LogP contribution < -0.4 is 0 Å². The summed E-state index contributed by atoms with van der Waals surface area (Å²) >= 11 is 0. The normalized spacial score (nSPS) is 11.3. The van der Waals surface area contributed by atoms with E-state index in [4.69, 9.17) is 96.2 Å². The molecule has 0 aliphatic heterocycles. The molecule has 0 spiro atoms. The molecule has 0 unspecified atom stereocenters. The van der Waals surface area contributed by atoms with E-state index < -0.39 is 39.1 Å². The van der Waals surface area contributed by atoms with Gasteiger partial charge in [-0.1, -0.05) is 0 Å². The van der Waals surface area contributed by atoms with Gasteiger partial charge in [-0.25, -0.2) is 22.8 Å². The number of phosphoric acid groups is 5. The van der Waals surface area contributed by atoms with E-state index >= 15 is 0 Å². The van der Waals surface area contributed by atoms with E-state index in [9.17, 15) is 0 Å². The molecule has 0 aromatic heterocycles. The van der Waals surface area contributed by atoms with Gasteiger partial charge in [-0.3, -0.25) is 0 Å². The van der Waals surface area contributed by atoms with Crippen LogP contribution in [0.3, 0.4) is 0 Å². The second-order valence-corrected chi connectivity index (χ2v) is 7.70. The van der Waals surface area contributed by atoms with Crippen LogP contribution in [0.5, 0.6) is 0 Å². The maximum atomic E-state index is 8.88. The summed E-state index contributed by atoms with van der Waals surface area (Å²) in [6.07, 6.45) is 0. The van der Waals surface area contributed by atoms with Crippen LogP contribution in [0.2, 0.25) is 0 Å². The summed E-state index contributed by atoms with van der Waals surface area (Å²) in [7, 11) is -23.2. The van der Waals surface area contributed by atoms with Crippen LogP contribution in [0.1, 0.15) is 0 Å². The first kappa shape index (κ1) is 42.2. The Labute approximate surface area is 181 Å². The summed E-state index contributed by atoms with van der Waals surface area (Å²) in [4.78, 5) is 108. The largest absolute Gasteiger partial charge is 0.466 e. The average molecular weight is 663 g/mol. The van der Waals surface area contributed by atoms with Crippen molar-refractivity contribution < 1.29 is 143 Å². The Balaban J connectivity index is -0.0000000476. The molecule has 0 atom stereocenters. The predicted octanol–water partition coefficient (Wildman–Crippen LogP) is -4.64. The van der Waals surface area contributed by atoms with Gasteiger partial charge in [-0.15, -0.1) is 0 Å². The van der Waals surface area contributed by atoms with Gasteiger partial charge in [-0.2, -0.15) is 0 Å². The summed E-state index contributed by atoms with van der Waals surface area (Å²) < 4.78 is 44.4. The Morgan fingerprint density at radius 1 is 0.269 bits per heavy atom. The van der Waals surface area contributed by atoms with Crippen LogP contribution in [0.25, 0.3) is 0 Å². The number of hydrogen-bond acceptors (Lipinski definition) is 5. The molecule has 174 valence electrons. The smallest absolute Gasteiger partial charge is 0.303 e. The second-order valence-electron chi connectivity index (χ2n) is 2.57. The summed E-state index contributed by atoms with van der Waals surface area (Å²) in [6, 6.07) is 0. The van der Waals surface area contributed by atoms with E-state index in [0.717, 1.165) is 0 Å². The Kier molecular flexibility index (Phi) is 29.1. The van der Waals surface area contributed by atoms with Gasteiger partial charge in [0.2, 0.25) is 0 Å². The van der Waals surface area contributed by atoms with Gasteiger partial charge < -0.3 is 73.4 Å². The Bertz CT molecular complexity index is 371. The zero-order chi connectivity index (χ0) is 22.5. The van der Waals surface area contributed by atoms with Crippen molar-refractivity contribution in [3.63, 3.8) is 0 Å². The summed E-state index contributed by atoms with van der Waals surface area (Å²) in [5.74, 6) is 0. The maximum absolute atomic E-state index is 8.88. The first-order valence-corrected chi connectivity index (χ1v) is 11.7. The molecule has 15 N–H and O–H groups in total. The van der Waals surface area contributed by atoms with E-state index in [0.29, 0.717) is 0 Å². The van der Waals surface area contributed by atoms with Gasteiger partial charge in [0.25, 0.3) is 0 Å². The van der Waals surface area contributed by atoms with Crippen molar-refractivity contribution in [2.24, 2.45) is 0 Å². The van der Waals surface area contributed by atoms with E-state index in [1.165, 1.54) is 0 Å². The predicted molar refractivity (Wildman–Crippen MR) is 71.3 cm³/mol. The fourth-order valence-corrected chi connectivity index (χ4v) is 0. The minimum absolute atomic E-state index is 0. The molecular formula is H15O20P5Yb. The Hall–Kier alpha value is 2.07. The van der Waals surface area contributed by atoms with Gasteiger partial charge in [-0.05, 0) is 0 Å². The quantitative estimate of drug-likeness (QED) is 0.108. The van der Waals surface area contributed by atoms with Crippen LogP contribution >= 0.6 is 39.1 Å². The van der Waals surface area contributed by atoms with Crippen LogP contribution in [-0.2, 0) is 22.8 Å². The Morgan fingerprint density at radius 2 is 0.269 bits per heavy atom. The van der Waals surface area contributed by atoms with Crippen LogP contribution in [-0.4, -0.2) is 73.4 Å². The first-order valence-electron chi connectivity index (χ1n) is 3.91. The average Bonchev–Trinajstić information content (AvgIpc) is 1.79. The molecule has 0 rings (SSSR count). The fourth-order valence-electron chi connectivity index (χ4n) is 0. The van der Waals surface area contributed by atoms with E-state index in [1.807, 2.05) is 0 Å². The first-order chi connectivity index (χ1) is 10.0. The standard InChI is InChI=1S/5H3O4P.Yb/c5*1-5(2,3)4;/h5*(H3,1,2,3,4);. The van der Waals surface area contributed by atoms with Crippen molar-refractivity contribution in [1.82, 2.24) is 0 Å². The Morgan fingerprint density at radius 3 is 0.269 bits per heavy atom. The minimum atomic E-state index is -4.64. The van der Waals surface area contributed by atoms with Crippen molar-refractivity contribution >= 4 is 39.1 Å². The topological polar surface area (TPSA) is 389 Å². The second kappa shape index (κ2) is 17.9. The van der Waals surface area contributed by atoms with Gasteiger partial charge in [0.1, 0.15) is 0 Å². The van der Waals surface area contributed by atoms with Crippen molar-refractivity contribution in [3.8, 4) is 0 Å². The van der Waals surface area contributed by atoms with Crippen molar-refractivity contribution in [2.75, 3.05) is 0 Å². The molecule has 20 nitrogen and oxygen atoms in total. The summed E-state index contributed by atoms with van der Waals surface area (Å²) in [5, 5.41) is 0. The zero-order valence-corrected chi connectivity index (χ0v) is 17.4. The zero-order valence-electron chi connectivity index (χ0n) is 11.3. The molecule has 0 bridgehead atoms. The van der Waals surface area contributed by atoms with Crippen LogP contribution in [0.15, 0.2) is 0 Å². The molecule has 0 amide bonds. The summed E-state index contributed by atoms with van der Waals surface area (Å²) in [6.45, 7) is 0. The van der Waals surface area contributed by atoms with Gasteiger partial charge in [0.15, 0.2) is 0 Å². The summed E-state index contributed by atoms with van der Waals surface area (Å²) in [5.41, 5.74) is 0. The SMILES string of the molecule is O=P(O)(O)O.O=P(O)(O)O.O=P(O)(O)O.O=P(O)(O)O.O=P(O)(O)O.[Yb]. The molecule has 0 heterocycles. The van der Waals surface area contributed by atoms with Gasteiger partial charge >= 0.3 is 39.1 Å². The molecule has 0 aromatic carbocycles. The van der Waals surface area contributed by atoms with Gasteiger partial charge in [0, 0.05) is 46.9 Å². The molecular weight excluding hydrogens is 648 g/mol. The molecule has 0 saturated heterocycles. The third kappa shape index (κ3) is 3830.